The summed E-state index contributed by atoms with van der Waals surface area (Å²) in [5.41, 5.74) is 2.61. The number of fused-ring (bicyclic) bond motifs is 2. The first kappa shape index (κ1) is 22.1. The standard InChI is InChI=1S/C25H27N5O4/c1-17-24(25(31)26-2)30-8-6-19(16-23(30)28-17)34-22-5-7-27-21-15-18(3-4-20(21)22)33-14-11-29-9-12-32-13-10-29/h3-8,15-16H,9-14H2,1-2H3,(H,26,31). The number of aryl methyl sites for hydroxylation is 1. The Morgan fingerprint density at radius 3 is 2.82 bits per heavy atom. The maximum Gasteiger partial charge on any atom is 0.269 e. The van der Waals surface area contributed by atoms with Crippen LogP contribution in [0.2, 0.25) is 0 Å². The highest BCUT2D eigenvalue weighted by Crippen LogP contribution is 2.31. The molecule has 4 aromatic rings. The first-order valence-corrected chi connectivity index (χ1v) is 11.3. The van der Waals surface area contributed by atoms with E-state index in [2.05, 4.69) is 20.2 Å². The Labute approximate surface area is 197 Å². The third kappa shape index (κ3) is 4.52. The van der Waals surface area contributed by atoms with Gasteiger partial charge in [-0.1, -0.05) is 0 Å². The molecule has 0 spiro atoms. The van der Waals surface area contributed by atoms with Crippen molar-refractivity contribution in [2.24, 2.45) is 0 Å². The smallest absolute Gasteiger partial charge is 0.269 e. The van der Waals surface area contributed by atoms with Gasteiger partial charge in [-0.05, 0) is 31.2 Å². The lowest BCUT2D eigenvalue weighted by Crippen LogP contribution is -2.38. The number of ether oxygens (including phenoxy) is 3. The number of imidazole rings is 1. The topological polar surface area (TPSA) is 90.2 Å². The Kier molecular flexibility index (Phi) is 6.29. The van der Waals surface area contributed by atoms with Crippen LogP contribution in [0.1, 0.15) is 16.2 Å². The summed E-state index contributed by atoms with van der Waals surface area (Å²) in [5.74, 6) is 1.91. The fourth-order valence-electron chi connectivity index (χ4n) is 4.12. The number of carbonyl (C=O) groups is 1. The number of hydrogen-bond donors (Lipinski definition) is 1. The van der Waals surface area contributed by atoms with E-state index in [1.165, 1.54) is 0 Å². The van der Waals surface area contributed by atoms with Crippen molar-refractivity contribution in [3.8, 4) is 17.2 Å². The van der Waals surface area contributed by atoms with Gasteiger partial charge < -0.3 is 19.5 Å². The van der Waals surface area contributed by atoms with Gasteiger partial charge in [0.2, 0.25) is 0 Å². The zero-order valence-electron chi connectivity index (χ0n) is 19.3. The van der Waals surface area contributed by atoms with Gasteiger partial charge in [0.25, 0.3) is 5.91 Å². The summed E-state index contributed by atoms with van der Waals surface area (Å²) in [4.78, 5) is 23.5. The second-order valence-electron chi connectivity index (χ2n) is 8.11. The van der Waals surface area contributed by atoms with E-state index in [1.807, 2.05) is 43.3 Å². The molecule has 0 unspecified atom stereocenters. The quantitative estimate of drug-likeness (QED) is 0.452. The van der Waals surface area contributed by atoms with Crippen LogP contribution in [0.25, 0.3) is 16.6 Å². The second kappa shape index (κ2) is 9.66. The number of morpholine rings is 1. The third-order valence-electron chi connectivity index (χ3n) is 5.90. The molecule has 0 aliphatic carbocycles. The van der Waals surface area contributed by atoms with E-state index >= 15 is 0 Å². The van der Waals surface area contributed by atoms with Gasteiger partial charge in [-0.2, -0.15) is 0 Å². The normalized spacial score (nSPS) is 14.4. The van der Waals surface area contributed by atoms with Gasteiger partial charge in [0.15, 0.2) is 0 Å². The number of nitrogens with one attached hydrogen (secondary N) is 1. The van der Waals surface area contributed by atoms with Crippen LogP contribution in [0.3, 0.4) is 0 Å². The SMILES string of the molecule is CNC(=O)c1c(C)nc2cc(Oc3ccnc4cc(OCCN5CCOCC5)ccc34)ccn12. The third-order valence-corrected chi connectivity index (χ3v) is 5.90. The number of hydrogen-bond acceptors (Lipinski definition) is 7. The van der Waals surface area contributed by atoms with Crippen LogP contribution in [0.5, 0.6) is 17.2 Å². The first-order valence-electron chi connectivity index (χ1n) is 11.3. The summed E-state index contributed by atoms with van der Waals surface area (Å²) in [7, 11) is 1.60. The molecule has 3 aromatic heterocycles. The molecule has 1 amide bonds. The van der Waals surface area contributed by atoms with Crippen LogP contribution in [-0.2, 0) is 4.74 Å². The van der Waals surface area contributed by atoms with Gasteiger partial charge in [0.05, 0.1) is 24.4 Å². The number of carbonyl (C=O) groups excluding carboxylic acids is 1. The maximum atomic E-state index is 12.2. The van der Waals surface area contributed by atoms with Crippen LogP contribution in [0.15, 0.2) is 48.8 Å². The van der Waals surface area contributed by atoms with E-state index in [-0.39, 0.29) is 5.91 Å². The van der Waals surface area contributed by atoms with Crippen molar-refractivity contribution in [3.05, 3.63) is 60.2 Å². The number of amides is 1. The second-order valence-corrected chi connectivity index (χ2v) is 8.11. The van der Waals surface area contributed by atoms with E-state index < -0.39 is 0 Å². The Morgan fingerprint density at radius 2 is 2.00 bits per heavy atom. The Balaban J connectivity index is 1.32. The average Bonchev–Trinajstić information content (AvgIpc) is 3.19. The van der Waals surface area contributed by atoms with Crippen LogP contribution in [-0.4, -0.2) is 71.7 Å². The van der Waals surface area contributed by atoms with Crippen molar-refractivity contribution in [3.63, 3.8) is 0 Å². The van der Waals surface area contributed by atoms with E-state index in [0.717, 1.165) is 49.5 Å². The van der Waals surface area contributed by atoms with Gasteiger partial charge in [-0.15, -0.1) is 0 Å². The molecule has 4 heterocycles. The average molecular weight is 462 g/mol. The molecule has 176 valence electrons. The van der Waals surface area contributed by atoms with Crippen molar-refractivity contribution in [2.75, 3.05) is 46.5 Å². The van der Waals surface area contributed by atoms with Crippen LogP contribution < -0.4 is 14.8 Å². The molecule has 9 heteroatoms. The summed E-state index contributed by atoms with van der Waals surface area (Å²) >= 11 is 0. The monoisotopic (exact) mass is 461 g/mol. The van der Waals surface area contributed by atoms with Crippen molar-refractivity contribution >= 4 is 22.5 Å². The van der Waals surface area contributed by atoms with E-state index in [9.17, 15) is 4.79 Å². The number of benzene rings is 1. The molecule has 1 aliphatic heterocycles. The van der Waals surface area contributed by atoms with Crippen LogP contribution in [0.4, 0.5) is 0 Å². The lowest BCUT2D eigenvalue weighted by Gasteiger charge is -2.26. The molecule has 1 N–H and O–H groups in total. The molecule has 1 aliphatic rings. The Hall–Kier alpha value is -3.69. The van der Waals surface area contributed by atoms with Gasteiger partial charge in [-0.3, -0.25) is 19.1 Å². The number of aromatic nitrogens is 3. The fraction of sp³-hybridized carbons (Fsp3) is 0.320. The zero-order valence-corrected chi connectivity index (χ0v) is 19.3. The highest BCUT2D eigenvalue weighted by Gasteiger charge is 2.16. The van der Waals surface area contributed by atoms with E-state index in [1.54, 1.807) is 23.8 Å². The molecule has 1 saturated heterocycles. The molecule has 1 fully saturated rings. The Morgan fingerprint density at radius 1 is 1.15 bits per heavy atom. The highest BCUT2D eigenvalue weighted by molar-refractivity contribution is 5.94. The van der Waals surface area contributed by atoms with Gasteiger partial charge >= 0.3 is 0 Å². The lowest BCUT2D eigenvalue weighted by molar-refractivity contribution is 0.0322. The molecule has 1 aromatic carbocycles. The lowest BCUT2D eigenvalue weighted by atomic mass is 10.2. The zero-order chi connectivity index (χ0) is 23.5. The summed E-state index contributed by atoms with van der Waals surface area (Å²) in [6, 6.07) is 11.3. The molecule has 34 heavy (non-hydrogen) atoms. The summed E-state index contributed by atoms with van der Waals surface area (Å²) in [5, 5.41) is 3.54. The molecular weight excluding hydrogens is 434 g/mol. The van der Waals surface area contributed by atoms with Crippen molar-refractivity contribution in [1.29, 1.82) is 0 Å². The van der Waals surface area contributed by atoms with E-state index in [0.29, 0.717) is 35.1 Å². The predicted molar refractivity (Wildman–Crippen MR) is 128 cm³/mol. The Bertz CT molecular complexity index is 1330. The first-order chi connectivity index (χ1) is 16.6. The van der Waals surface area contributed by atoms with Gasteiger partial charge in [0, 0.05) is 56.6 Å². The van der Waals surface area contributed by atoms with Gasteiger partial charge in [0.1, 0.15) is 35.2 Å². The minimum atomic E-state index is -0.179. The molecule has 0 saturated carbocycles. The van der Waals surface area contributed by atoms with Crippen LogP contribution >= 0.6 is 0 Å². The fourth-order valence-corrected chi connectivity index (χ4v) is 4.12. The predicted octanol–water partition coefficient (Wildman–Crippen LogP) is 3.05. The minimum Gasteiger partial charge on any atom is -0.492 e. The molecule has 0 bridgehead atoms. The molecule has 0 radical (unpaired) electrons. The molecule has 0 atom stereocenters. The molecule has 9 nitrogen and oxygen atoms in total. The van der Waals surface area contributed by atoms with Crippen molar-refractivity contribution in [1.82, 2.24) is 24.6 Å². The van der Waals surface area contributed by atoms with Crippen molar-refractivity contribution < 1.29 is 19.0 Å². The summed E-state index contributed by atoms with van der Waals surface area (Å²) in [6.07, 6.45) is 3.51. The largest absolute Gasteiger partial charge is 0.492 e. The summed E-state index contributed by atoms with van der Waals surface area (Å²) in [6.45, 7) is 6.76. The minimum absolute atomic E-state index is 0.179. The number of rotatable bonds is 7. The molecular formula is C25H27N5O4. The number of nitrogens with zero attached hydrogens (tertiary/aromatic N) is 4. The maximum absolute atomic E-state index is 12.2. The van der Waals surface area contributed by atoms with E-state index in [4.69, 9.17) is 14.2 Å². The van der Waals surface area contributed by atoms with Crippen LogP contribution in [0, 0.1) is 6.92 Å². The van der Waals surface area contributed by atoms with Gasteiger partial charge in [-0.25, -0.2) is 4.98 Å². The van der Waals surface area contributed by atoms with Crippen molar-refractivity contribution in [2.45, 2.75) is 6.92 Å². The highest BCUT2D eigenvalue weighted by atomic mass is 16.5. The number of pyridine rings is 2. The molecule has 5 rings (SSSR count). The summed E-state index contributed by atoms with van der Waals surface area (Å²) < 4.78 is 19.3.